The van der Waals surface area contributed by atoms with Crippen molar-refractivity contribution in [2.45, 2.75) is 25.7 Å². The molecule has 11 heavy (non-hydrogen) atoms. The van der Waals surface area contributed by atoms with Gasteiger partial charge in [0.25, 0.3) is 6.47 Å². The van der Waals surface area contributed by atoms with Gasteiger partial charge in [-0.15, -0.1) is 0 Å². The fourth-order valence-corrected chi connectivity index (χ4v) is 1.40. The molecule has 0 aromatic rings. The molecule has 62 valence electrons. The van der Waals surface area contributed by atoms with E-state index in [1.54, 1.807) is 0 Å². The molecule has 1 aliphatic carbocycles. The Morgan fingerprint density at radius 2 is 2.45 bits per heavy atom. The van der Waals surface area contributed by atoms with Crippen molar-refractivity contribution >= 4 is 6.47 Å². The number of allylic oxidation sites excluding steroid dienone is 2. The minimum Gasteiger partial charge on any atom is -0.468 e. The second kappa shape index (κ2) is 4.94. The van der Waals surface area contributed by atoms with Crippen LogP contribution in [0, 0.1) is 5.92 Å². The smallest absolute Gasteiger partial charge is 0.293 e. The summed E-state index contributed by atoms with van der Waals surface area (Å²) in [5.74, 6) is 0.736. The molecular weight excluding hydrogens is 140 g/mol. The summed E-state index contributed by atoms with van der Waals surface area (Å²) in [7, 11) is 0. The zero-order chi connectivity index (χ0) is 7.94. The molecule has 0 spiro atoms. The van der Waals surface area contributed by atoms with Gasteiger partial charge in [0.2, 0.25) is 0 Å². The molecule has 0 fully saturated rings. The first-order chi connectivity index (χ1) is 5.43. The molecule has 0 radical (unpaired) electrons. The van der Waals surface area contributed by atoms with Crippen molar-refractivity contribution in [3.05, 3.63) is 12.2 Å². The van der Waals surface area contributed by atoms with Gasteiger partial charge < -0.3 is 4.74 Å². The first kappa shape index (κ1) is 8.31. The van der Waals surface area contributed by atoms with E-state index in [2.05, 4.69) is 16.9 Å². The summed E-state index contributed by atoms with van der Waals surface area (Å²) in [6.45, 7) is 1.11. The Balaban J connectivity index is 2.06. The summed E-state index contributed by atoms with van der Waals surface area (Å²) in [5, 5.41) is 0. The highest BCUT2D eigenvalue weighted by atomic mass is 16.5. The molecule has 0 saturated carbocycles. The van der Waals surface area contributed by atoms with E-state index < -0.39 is 0 Å². The van der Waals surface area contributed by atoms with E-state index in [4.69, 9.17) is 0 Å². The summed E-state index contributed by atoms with van der Waals surface area (Å²) < 4.78 is 4.63. The van der Waals surface area contributed by atoms with Crippen LogP contribution in [0.3, 0.4) is 0 Å². The minimum absolute atomic E-state index is 0.526. The molecule has 0 bridgehead atoms. The van der Waals surface area contributed by atoms with E-state index >= 15 is 0 Å². The third-order valence-electron chi connectivity index (χ3n) is 2.09. The summed E-state index contributed by atoms with van der Waals surface area (Å²) in [6, 6.07) is 0. The van der Waals surface area contributed by atoms with Gasteiger partial charge in [-0.05, 0) is 31.6 Å². The fourth-order valence-electron chi connectivity index (χ4n) is 1.40. The van der Waals surface area contributed by atoms with Crippen LogP contribution in [0.1, 0.15) is 25.7 Å². The standard InChI is InChI=1S/C9H14O2/c10-8-11-7-6-9-4-2-1-3-5-9/h1-2,8-9H,3-7H2. The third kappa shape index (κ3) is 3.21. The van der Waals surface area contributed by atoms with E-state index in [-0.39, 0.29) is 0 Å². The van der Waals surface area contributed by atoms with Crippen LogP contribution in [0.25, 0.3) is 0 Å². The van der Waals surface area contributed by atoms with Gasteiger partial charge in [-0.25, -0.2) is 0 Å². The Labute approximate surface area is 67.2 Å². The fraction of sp³-hybridized carbons (Fsp3) is 0.667. The normalized spacial score (nSPS) is 23.1. The first-order valence-electron chi connectivity index (χ1n) is 4.13. The Morgan fingerprint density at radius 3 is 3.09 bits per heavy atom. The molecule has 0 aliphatic heterocycles. The SMILES string of the molecule is O=COCCC1CC=CCC1. The van der Waals surface area contributed by atoms with Crippen molar-refractivity contribution in [1.29, 1.82) is 0 Å². The van der Waals surface area contributed by atoms with Crippen LogP contribution in [0.4, 0.5) is 0 Å². The molecular formula is C9H14O2. The molecule has 0 heterocycles. The molecule has 0 amide bonds. The zero-order valence-electron chi connectivity index (χ0n) is 6.66. The van der Waals surface area contributed by atoms with E-state index in [0.29, 0.717) is 13.1 Å². The number of ether oxygens (including phenoxy) is 1. The summed E-state index contributed by atoms with van der Waals surface area (Å²) >= 11 is 0. The lowest BCUT2D eigenvalue weighted by atomic mass is 9.92. The molecule has 1 unspecified atom stereocenters. The van der Waals surface area contributed by atoms with Crippen LogP contribution >= 0.6 is 0 Å². The number of carbonyl (C=O) groups excluding carboxylic acids is 1. The van der Waals surface area contributed by atoms with E-state index in [9.17, 15) is 4.79 Å². The summed E-state index contributed by atoms with van der Waals surface area (Å²) in [5.41, 5.74) is 0. The predicted octanol–water partition coefficient (Wildman–Crippen LogP) is 1.91. The van der Waals surface area contributed by atoms with Crippen molar-refractivity contribution in [3.8, 4) is 0 Å². The van der Waals surface area contributed by atoms with Crippen LogP contribution < -0.4 is 0 Å². The second-order valence-corrected chi connectivity index (χ2v) is 2.91. The Morgan fingerprint density at radius 1 is 1.55 bits per heavy atom. The molecule has 1 atom stereocenters. The molecule has 1 rings (SSSR count). The van der Waals surface area contributed by atoms with Crippen LogP contribution in [-0.2, 0) is 9.53 Å². The van der Waals surface area contributed by atoms with Gasteiger partial charge in [-0.3, -0.25) is 4.79 Å². The second-order valence-electron chi connectivity index (χ2n) is 2.91. The topological polar surface area (TPSA) is 26.3 Å². The van der Waals surface area contributed by atoms with Crippen molar-refractivity contribution < 1.29 is 9.53 Å². The lowest BCUT2D eigenvalue weighted by Crippen LogP contribution is -2.06. The average molecular weight is 154 g/mol. The highest BCUT2D eigenvalue weighted by Crippen LogP contribution is 2.20. The maximum absolute atomic E-state index is 9.81. The average Bonchev–Trinajstić information content (AvgIpc) is 2.07. The van der Waals surface area contributed by atoms with Crippen molar-refractivity contribution in [2.75, 3.05) is 6.61 Å². The Bertz CT molecular complexity index is 140. The van der Waals surface area contributed by atoms with Crippen molar-refractivity contribution in [2.24, 2.45) is 5.92 Å². The molecule has 1 aliphatic rings. The molecule has 0 saturated heterocycles. The largest absolute Gasteiger partial charge is 0.468 e. The summed E-state index contributed by atoms with van der Waals surface area (Å²) in [6.07, 6.45) is 9.04. The van der Waals surface area contributed by atoms with Gasteiger partial charge in [0.05, 0.1) is 6.61 Å². The highest BCUT2D eigenvalue weighted by Gasteiger charge is 2.08. The van der Waals surface area contributed by atoms with Crippen LogP contribution in [-0.4, -0.2) is 13.1 Å². The van der Waals surface area contributed by atoms with Crippen LogP contribution in [0.5, 0.6) is 0 Å². The maximum Gasteiger partial charge on any atom is 0.293 e. The maximum atomic E-state index is 9.81. The van der Waals surface area contributed by atoms with E-state index in [1.165, 1.54) is 12.8 Å². The number of carbonyl (C=O) groups is 1. The molecule has 2 nitrogen and oxygen atoms in total. The Kier molecular flexibility index (Phi) is 3.73. The van der Waals surface area contributed by atoms with Gasteiger partial charge in [-0.2, -0.15) is 0 Å². The van der Waals surface area contributed by atoms with Crippen molar-refractivity contribution in [1.82, 2.24) is 0 Å². The predicted molar refractivity (Wildman–Crippen MR) is 43.1 cm³/mol. The highest BCUT2D eigenvalue weighted by molar-refractivity contribution is 5.36. The number of hydrogen-bond donors (Lipinski definition) is 0. The van der Waals surface area contributed by atoms with Crippen LogP contribution in [0.2, 0.25) is 0 Å². The lowest BCUT2D eigenvalue weighted by molar-refractivity contribution is -0.129. The van der Waals surface area contributed by atoms with E-state index in [1.807, 2.05) is 0 Å². The lowest BCUT2D eigenvalue weighted by Gasteiger charge is -2.16. The monoisotopic (exact) mass is 154 g/mol. The summed E-state index contributed by atoms with van der Waals surface area (Å²) in [4.78, 5) is 9.81. The number of hydrogen-bond acceptors (Lipinski definition) is 2. The van der Waals surface area contributed by atoms with Gasteiger partial charge >= 0.3 is 0 Å². The van der Waals surface area contributed by atoms with Gasteiger partial charge in [-0.1, -0.05) is 12.2 Å². The minimum atomic E-state index is 0.526. The molecule has 0 aromatic carbocycles. The molecule has 2 heteroatoms. The molecule has 0 aromatic heterocycles. The van der Waals surface area contributed by atoms with Gasteiger partial charge in [0, 0.05) is 0 Å². The first-order valence-corrected chi connectivity index (χ1v) is 4.13. The van der Waals surface area contributed by atoms with Gasteiger partial charge in [0.15, 0.2) is 0 Å². The van der Waals surface area contributed by atoms with Gasteiger partial charge in [0.1, 0.15) is 0 Å². The number of rotatable bonds is 4. The Hall–Kier alpha value is -0.790. The third-order valence-corrected chi connectivity index (χ3v) is 2.09. The van der Waals surface area contributed by atoms with Crippen LogP contribution in [0.15, 0.2) is 12.2 Å². The zero-order valence-corrected chi connectivity index (χ0v) is 6.66. The van der Waals surface area contributed by atoms with Crippen molar-refractivity contribution in [3.63, 3.8) is 0 Å². The van der Waals surface area contributed by atoms with E-state index in [0.717, 1.165) is 18.8 Å². The quantitative estimate of drug-likeness (QED) is 0.351. The molecule has 0 N–H and O–H groups in total.